The lowest BCUT2D eigenvalue weighted by molar-refractivity contribution is 1.18. The minimum atomic E-state index is -2.85. The number of hydrogen-bond donors (Lipinski definition) is 0. The Morgan fingerprint density at radius 1 is 0.313 bits per heavy atom. The highest BCUT2D eigenvalue weighted by molar-refractivity contribution is 7.19. The Morgan fingerprint density at radius 3 is 1.54 bits per heavy atom. The Balaban J connectivity index is 1.08. The molecule has 3 heteroatoms. The van der Waals surface area contributed by atoms with Crippen molar-refractivity contribution in [3.05, 3.63) is 279 Å². The number of nitrogens with zero attached hydrogens (tertiary/aromatic N) is 2. The van der Waals surface area contributed by atoms with Gasteiger partial charge in [0.1, 0.15) is 0 Å². The van der Waals surface area contributed by atoms with Gasteiger partial charge in [0.25, 0.3) is 0 Å². The summed E-state index contributed by atoms with van der Waals surface area (Å²) in [5.41, 5.74) is 11.6. The zero-order valence-electron chi connectivity index (χ0n) is 37.0. The molecule has 2 nitrogen and oxygen atoms in total. The Hall–Kier alpha value is -8.50. The van der Waals surface area contributed by atoms with Crippen LogP contribution in [0.1, 0.15) is 0 Å². The van der Waals surface area contributed by atoms with Crippen molar-refractivity contribution in [3.63, 3.8) is 0 Å². The quantitative estimate of drug-likeness (QED) is 0.0982. The van der Waals surface area contributed by atoms with Crippen LogP contribution < -0.4 is 25.6 Å². The molecular formula is C64H46N2Si. The third-order valence-corrected chi connectivity index (χ3v) is 18.3. The number of anilines is 3. The van der Waals surface area contributed by atoms with E-state index in [9.17, 15) is 0 Å². The van der Waals surface area contributed by atoms with Gasteiger partial charge in [-0.3, -0.25) is 0 Å². The molecule has 0 bridgehead atoms. The normalized spacial score (nSPS) is 11.6. The predicted octanol–water partition coefficient (Wildman–Crippen LogP) is 14.1. The van der Waals surface area contributed by atoms with Gasteiger partial charge in [-0.25, -0.2) is 0 Å². The molecule has 1 heterocycles. The number of aromatic nitrogens is 1. The van der Waals surface area contributed by atoms with Crippen LogP contribution in [0.4, 0.5) is 17.1 Å². The molecule has 0 atom stereocenters. The van der Waals surface area contributed by atoms with Crippen LogP contribution >= 0.6 is 0 Å². The van der Waals surface area contributed by atoms with Crippen molar-refractivity contribution in [2.24, 2.45) is 0 Å². The van der Waals surface area contributed by atoms with Crippen molar-refractivity contribution < 1.29 is 0 Å². The van der Waals surface area contributed by atoms with Crippen LogP contribution in [-0.4, -0.2) is 12.6 Å². The lowest BCUT2D eigenvalue weighted by atomic mass is 9.95. The van der Waals surface area contributed by atoms with Gasteiger partial charge < -0.3 is 9.47 Å². The van der Waals surface area contributed by atoms with Gasteiger partial charge in [-0.15, -0.1) is 0 Å². The molecule has 0 amide bonds. The minimum absolute atomic E-state index is 1.08. The second-order valence-electron chi connectivity index (χ2n) is 17.2. The van der Waals surface area contributed by atoms with E-state index >= 15 is 0 Å². The third-order valence-electron chi connectivity index (χ3n) is 13.5. The van der Waals surface area contributed by atoms with E-state index in [1.807, 2.05) is 0 Å². The largest absolute Gasteiger partial charge is 0.310 e. The zero-order chi connectivity index (χ0) is 44.6. The third kappa shape index (κ3) is 6.96. The smallest absolute Gasteiger partial charge is 0.179 e. The van der Waals surface area contributed by atoms with Crippen molar-refractivity contribution in [1.29, 1.82) is 0 Å². The Labute approximate surface area is 392 Å². The summed E-state index contributed by atoms with van der Waals surface area (Å²) in [6, 6.07) is 103. The minimum Gasteiger partial charge on any atom is -0.310 e. The van der Waals surface area contributed by atoms with Gasteiger partial charge in [0, 0.05) is 27.8 Å². The lowest BCUT2D eigenvalue weighted by Crippen LogP contribution is -2.74. The summed E-state index contributed by atoms with van der Waals surface area (Å²) in [6.45, 7) is 0. The van der Waals surface area contributed by atoms with Gasteiger partial charge in [-0.2, -0.15) is 0 Å². The second-order valence-corrected chi connectivity index (χ2v) is 21.1. The molecular weight excluding hydrogens is 825 g/mol. The van der Waals surface area contributed by atoms with Gasteiger partial charge in [0.15, 0.2) is 8.07 Å². The fourth-order valence-electron chi connectivity index (χ4n) is 10.6. The van der Waals surface area contributed by atoms with E-state index in [4.69, 9.17) is 0 Å². The maximum absolute atomic E-state index is 2.85. The van der Waals surface area contributed by atoms with E-state index in [2.05, 4.69) is 289 Å². The molecule has 0 aliphatic heterocycles. The van der Waals surface area contributed by atoms with Crippen molar-refractivity contribution in [2.45, 2.75) is 0 Å². The van der Waals surface area contributed by atoms with Crippen LogP contribution in [0.15, 0.2) is 279 Å². The monoisotopic (exact) mass is 870 g/mol. The topological polar surface area (TPSA) is 8.17 Å². The first-order chi connectivity index (χ1) is 33.3. The van der Waals surface area contributed by atoms with Gasteiger partial charge in [-0.05, 0) is 114 Å². The summed E-state index contributed by atoms with van der Waals surface area (Å²) < 4.78 is 2.41. The van der Waals surface area contributed by atoms with Crippen LogP contribution in [0.2, 0.25) is 0 Å². The van der Waals surface area contributed by atoms with Crippen LogP contribution in [0, 0.1) is 0 Å². The van der Waals surface area contributed by atoms with E-state index < -0.39 is 8.07 Å². The molecule has 0 radical (unpaired) electrons. The van der Waals surface area contributed by atoms with Crippen LogP contribution in [0.3, 0.4) is 0 Å². The van der Waals surface area contributed by atoms with E-state index in [-0.39, 0.29) is 0 Å². The van der Waals surface area contributed by atoms with Gasteiger partial charge in [-0.1, -0.05) is 218 Å². The molecule has 0 N–H and O–H groups in total. The SMILES string of the molecule is c1ccc(-n2c3ccccc3c3c(N(c4ccc(-c5cccc(-c6cccc7ccccc67)c5)cc4)c4cccc([Si](c5ccccc5)(c5ccccc5)c5ccccc5)c4)cccc32)cc1. The molecule has 0 aliphatic rings. The Kier molecular flexibility index (Phi) is 10.2. The number of benzene rings is 11. The predicted molar refractivity (Wildman–Crippen MR) is 287 cm³/mol. The van der Waals surface area contributed by atoms with Crippen LogP contribution in [-0.2, 0) is 0 Å². The molecule has 11 aromatic carbocycles. The fraction of sp³-hybridized carbons (Fsp3) is 0. The molecule has 12 aromatic rings. The molecule has 316 valence electrons. The van der Waals surface area contributed by atoms with Crippen molar-refractivity contribution in [3.8, 4) is 27.9 Å². The lowest BCUT2D eigenvalue weighted by Gasteiger charge is -2.35. The molecule has 0 fully saturated rings. The highest BCUT2D eigenvalue weighted by Gasteiger charge is 2.41. The Bertz CT molecular complexity index is 3570. The fourth-order valence-corrected chi connectivity index (χ4v) is 15.3. The molecule has 0 saturated heterocycles. The van der Waals surface area contributed by atoms with Crippen molar-refractivity contribution in [1.82, 2.24) is 4.57 Å². The first-order valence-corrected chi connectivity index (χ1v) is 25.1. The first kappa shape index (κ1) is 40.0. The van der Waals surface area contributed by atoms with Crippen LogP contribution in [0.5, 0.6) is 0 Å². The second kappa shape index (κ2) is 17.1. The molecule has 0 saturated carbocycles. The summed E-state index contributed by atoms with van der Waals surface area (Å²) in [5, 5.41) is 10.3. The molecule has 0 aliphatic carbocycles. The molecule has 1 aromatic heterocycles. The number of rotatable bonds is 10. The number of para-hydroxylation sites is 2. The van der Waals surface area contributed by atoms with Gasteiger partial charge in [0.05, 0.1) is 16.7 Å². The molecule has 0 unspecified atom stereocenters. The maximum Gasteiger partial charge on any atom is 0.179 e. The van der Waals surface area contributed by atoms with Gasteiger partial charge >= 0.3 is 0 Å². The summed E-state index contributed by atoms with van der Waals surface area (Å²) in [4.78, 5) is 2.49. The Morgan fingerprint density at radius 2 is 0.836 bits per heavy atom. The van der Waals surface area contributed by atoms with E-state index in [1.165, 1.54) is 70.1 Å². The molecule has 12 rings (SSSR count). The summed E-state index contributed by atoms with van der Waals surface area (Å²) >= 11 is 0. The first-order valence-electron chi connectivity index (χ1n) is 23.1. The molecule has 67 heavy (non-hydrogen) atoms. The van der Waals surface area contributed by atoms with E-state index in [1.54, 1.807) is 0 Å². The van der Waals surface area contributed by atoms with Gasteiger partial charge in [0.2, 0.25) is 0 Å². The number of hydrogen-bond acceptors (Lipinski definition) is 1. The van der Waals surface area contributed by atoms with E-state index in [0.29, 0.717) is 0 Å². The van der Waals surface area contributed by atoms with Crippen molar-refractivity contribution in [2.75, 3.05) is 4.90 Å². The average Bonchev–Trinajstić information content (AvgIpc) is 3.75. The highest BCUT2D eigenvalue weighted by Crippen LogP contribution is 2.44. The summed E-state index contributed by atoms with van der Waals surface area (Å²) in [7, 11) is -2.85. The molecule has 0 spiro atoms. The highest BCUT2D eigenvalue weighted by atomic mass is 28.3. The zero-order valence-corrected chi connectivity index (χ0v) is 38.0. The standard InChI is InChI=1S/C64H46N2Si/c1-5-25-51(26-6-1)66-61-38-16-15-36-60(61)64-62(39-20-40-63(64)66)65(52-43-41-47(42-44-52)49-23-17-24-50(45-49)59-37-18-22-48-21-13-14-35-58(48)59)53-27-19-34-57(46-53)67(54-28-7-2-8-29-54,55-30-9-3-10-31-55)56-32-11-4-12-33-56/h1-46H. The summed E-state index contributed by atoms with van der Waals surface area (Å²) in [5.74, 6) is 0. The maximum atomic E-state index is 2.49. The summed E-state index contributed by atoms with van der Waals surface area (Å²) in [6.07, 6.45) is 0. The average molecular weight is 871 g/mol. The van der Waals surface area contributed by atoms with Crippen molar-refractivity contribution >= 4 is 78.5 Å². The number of fused-ring (bicyclic) bond motifs is 4. The van der Waals surface area contributed by atoms with Crippen LogP contribution in [0.25, 0.3) is 60.5 Å². The van der Waals surface area contributed by atoms with E-state index in [0.717, 1.165) is 28.3 Å².